The van der Waals surface area contributed by atoms with Crippen molar-refractivity contribution < 1.29 is 9.59 Å². The van der Waals surface area contributed by atoms with E-state index in [0.717, 1.165) is 4.47 Å². The number of nitrogens with one attached hydrogen (secondary N) is 4. The molecule has 0 radical (unpaired) electrons. The molecule has 0 aliphatic heterocycles. The summed E-state index contributed by atoms with van der Waals surface area (Å²) in [6.07, 6.45) is 0. The molecule has 3 aromatic rings. The first-order valence-corrected chi connectivity index (χ1v) is 7.86. The molecule has 0 aliphatic rings. The Labute approximate surface area is 144 Å². The summed E-state index contributed by atoms with van der Waals surface area (Å²) in [5.74, 6) is -0.701. The molecule has 0 atom stereocenters. The molecule has 7 nitrogen and oxygen atoms in total. The number of amides is 2. The van der Waals surface area contributed by atoms with Crippen molar-refractivity contribution in [2.45, 2.75) is 0 Å². The van der Waals surface area contributed by atoms with Crippen LogP contribution in [-0.2, 0) is 4.79 Å². The summed E-state index contributed by atoms with van der Waals surface area (Å²) in [6.45, 7) is -0.160. The van der Waals surface area contributed by atoms with Gasteiger partial charge < -0.3 is 20.6 Å². The van der Waals surface area contributed by atoms with Crippen LogP contribution in [0.25, 0.3) is 11.0 Å². The van der Waals surface area contributed by atoms with Gasteiger partial charge in [-0.15, -0.1) is 0 Å². The Bertz CT molecular complexity index is 977. The second-order valence-corrected chi connectivity index (χ2v) is 6.00. The molecule has 0 saturated heterocycles. The lowest BCUT2D eigenvalue weighted by molar-refractivity contribution is -0.115. The smallest absolute Gasteiger partial charge is 0.323 e. The number of carbonyl (C=O) groups is 2. The molecule has 8 heteroatoms. The van der Waals surface area contributed by atoms with Crippen LogP contribution in [0, 0.1) is 0 Å². The van der Waals surface area contributed by atoms with Crippen LogP contribution in [0.3, 0.4) is 0 Å². The van der Waals surface area contributed by atoms with Crippen LogP contribution in [0.2, 0.25) is 0 Å². The number of aromatic amines is 2. The van der Waals surface area contributed by atoms with Gasteiger partial charge in [0.25, 0.3) is 5.91 Å². The Morgan fingerprint density at radius 1 is 1.04 bits per heavy atom. The monoisotopic (exact) mass is 388 g/mol. The van der Waals surface area contributed by atoms with E-state index in [-0.39, 0.29) is 24.0 Å². The fourth-order valence-electron chi connectivity index (χ4n) is 2.21. The number of anilines is 1. The Hall–Kier alpha value is -2.87. The van der Waals surface area contributed by atoms with E-state index in [0.29, 0.717) is 22.3 Å². The van der Waals surface area contributed by atoms with Crippen LogP contribution >= 0.6 is 15.9 Å². The number of hydrogen-bond acceptors (Lipinski definition) is 3. The highest BCUT2D eigenvalue weighted by Gasteiger charge is 2.09. The molecule has 3 rings (SSSR count). The zero-order valence-electron chi connectivity index (χ0n) is 12.4. The Balaban J connectivity index is 1.60. The Morgan fingerprint density at radius 3 is 2.62 bits per heavy atom. The second kappa shape index (κ2) is 6.71. The third kappa shape index (κ3) is 3.72. The fraction of sp³-hybridized carbons (Fsp3) is 0.0625. The van der Waals surface area contributed by atoms with Gasteiger partial charge in [-0.05, 0) is 36.4 Å². The van der Waals surface area contributed by atoms with Crippen LogP contribution in [0.4, 0.5) is 5.69 Å². The number of benzene rings is 2. The van der Waals surface area contributed by atoms with E-state index < -0.39 is 0 Å². The minimum atomic E-state index is -0.365. The lowest BCUT2D eigenvalue weighted by atomic mass is 10.2. The van der Waals surface area contributed by atoms with Gasteiger partial charge in [0.1, 0.15) is 0 Å². The topological polar surface area (TPSA) is 107 Å². The summed E-state index contributed by atoms with van der Waals surface area (Å²) in [6, 6.07) is 11.9. The minimum absolute atomic E-state index is 0.160. The van der Waals surface area contributed by atoms with Gasteiger partial charge in [0.15, 0.2) is 0 Å². The number of carbonyl (C=O) groups excluding carboxylic acids is 2. The minimum Gasteiger partial charge on any atom is -0.343 e. The van der Waals surface area contributed by atoms with E-state index in [2.05, 4.69) is 36.5 Å². The normalized spacial score (nSPS) is 10.5. The van der Waals surface area contributed by atoms with Gasteiger partial charge in [0.05, 0.1) is 17.6 Å². The van der Waals surface area contributed by atoms with Crippen molar-refractivity contribution in [1.82, 2.24) is 15.3 Å². The molecule has 0 saturated carbocycles. The molecular weight excluding hydrogens is 376 g/mol. The van der Waals surface area contributed by atoms with Crippen molar-refractivity contribution in [2.24, 2.45) is 0 Å². The second-order valence-electron chi connectivity index (χ2n) is 5.08. The predicted molar refractivity (Wildman–Crippen MR) is 94.0 cm³/mol. The fourth-order valence-corrected chi connectivity index (χ4v) is 2.61. The SMILES string of the molecule is O=C(CNC(=O)c1cccc(Br)c1)Nc1ccc2[nH]c(=O)[nH]c2c1. The summed E-state index contributed by atoms with van der Waals surface area (Å²) in [5, 5.41) is 5.21. The molecular formula is C16H13BrN4O3. The predicted octanol–water partition coefficient (Wildman–Crippen LogP) is 1.99. The van der Waals surface area contributed by atoms with Crippen LogP contribution in [0.1, 0.15) is 10.4 Å². The summed E-state index contributed by atoms with van der Waals surface area (Å²) in [4.78, 5) is 40.4. The maximum atomic E-state index is 12.0. The highest BCUT2D eigenvalue weighted by molar-refractivity contribution is 9.10. The summed E-state index contributed by atoms with van der Waals surface area (Å²) >= 11 is 3.29. The molecule has 0 fully saturated rings. The Kier molecular flexibility index (Phi) is 4.48. The van der Waals surface area contributed by atoms with Crippen molar-refractivity contribution in [3.63, 3.8) is 0 Å². The van der Waals surface area contributed by atoms with Gasteiger partial charge in [0, 0.05) is 15.7 Å². The van der Waals surface area contributed by atoms with Gasteiger partial charge in [-0.25, -0.2) is 4.79 Å². The van der Waals surface area contributed by atoms with Crippen LogP contribution in [-0.4, -0.2) is 28.3 Å². The zero-order chi connectivity index (χ0) is 17.1. The number of imidazole rings is 1. The number of H-pyrrole nitrogens is 2. The number of aromatic nitrogens is 2. The van der Waals surface area contributed by atoms with Crippen molar-refractivity contribution in [1.29, 1.82) is 0 Å². The standard InChI is InChI=1S/C16H13BrN4O3/c17-10-3-1-2-9(6-10)15(23)18-8-14(22)19-11-4-5-12-13(7-11)21-16(24)20-12/h1-7H,8H2,(H,18,23)(H,19,22)(H2,20,21,24). The molecule has 2 amide bonds. The van der Waals surface area contributed by atoms with Gasteiger partial charge >= 0.3 is 5.69 Å². The van der Waals surface area contributed by atoms with E-state index >= 15 is 0 Å². The molecule has 0 aliphatic carbocycles. The number of halogens is 1. The first-order chi connectivity index (χ1) is 11.5. The number of fused-ring (bicyclic) bond motifs is 1. The number of hydrogen-bond donors (Lipinski definition) is 4. The van der Waals surface area contributed by atoms with E-state index in [1.165, 1.54) is 0 Å². The largest absolute Gasteiger partial charge is 0.343 e. The average molecular weight is 389 g/mol. The summed E-state index contributed by atoms with van der Waals surface area (Å²) < 4.78 is 0.786. The van der Waals surface area contributed by atoms with Gasteiger partial charge in [-0.2, -0.15) is 0 Å². The van der Waals surface area contributed by atoms with Crippen molar-refractivity contribution >= 4 is 44.5 Å². The third-order valence-corrected chi connectivity index (χ3v) is 3.79. The molecule has 0 bridgehead atoms. The molecule has 122 valence electrons. The molecule has 1 aromatic heterocycles. The van der Waals surface area contributed by atoms with Gasteiger partial charge in [0.2, 0.25) is 5.91 Å². The van der Waals surface area contributed by atoms with E-state index in [9.17, 15) is 14.4 Å². The first kappa shape index (κ1) is 16.0. The Morgan fingerprint density at radius 2 is 1.83 bits per heavy atom. The zero-order valence-corrected chi connectivity index (χ0v) is 13.9. The van der Waals surface area contributed by atoms with Crippen LogP contribution in [0.15, 0.2) is 51.7 Å². The third-order valence-electron chi connectivity index (χ3n) is 3.30. The molecule has 0 spiro atoms. The van der Waals surface area contributed by atoms with Gasteiger partial charge in [-0.3, -0.25) is 9.59 Å². The van der Waals surface area contributed by atoms with E-state index in [1.54, 1.807) is 36.4 Å². The molecule has 2 aromatic carbocycles. The van der Waals surface area contributed by atoms with Crippen LogP contribution in [0.5, 0.6) is 0 Å². The van der Waals surface area contributed by atoms with E-state index in [1.807, 2.05) is 6.07 Å². The maximum absolute atomic E-state index is 12.0. The van der Waals surface area contributed by atoms with E-state index in [4.69, 9.17) is 0 Å². The lowest BCUT2D eigenvalue weighted by Crippen LogP contribution is -2.32. The quantitative estimate of drug-likeness (QED) is 0.548. The molecule has 24 heavy (non-hydrogen) atoms. The average Bonchev–Trinajstić information content (AvgIpc) is 2.92. The lowest BCUT2D eigenvalue weighted by Gasteiger charge is -2.07. The summed E-state index contributed by atoms with van der Waals surface area (Å²) in [7, 11) is 0. The summed E-state index contributed by atoms with van der Waals surface area (Å²) in [5.41, 5.74) is 1.93. The van der Waals surface area contributed by atoms with Crippen molar-refractivity contribution in [3.8, 4) is 0 Å². The maximum Gasteiger partial charge on any atom is 0.323 e. The van der Waals surface area contributed by atoms with Gasteiger partial charge in [-0.1, -0.05) is 22.0 Å². The molecule has 4 N–H and O–H groups in total. The first-order valence-electron chi connectivity index (χ1n) is 7.07. The van der Waals surface area contributed by atoms with Crippen molar-refractivity contribution in [3.05, 3.63) is 63.0 Å². The highest BCUT2D eigenvalue weighted by atomic mass is 79.9. The molecule has 1 heterocycles. The van der Waals surface area contributed by atoms with Crippen LogP contribution < -0.4 is 16.3 Å². The number of rotatable bonds is 4. The van der Waals surface area contributed by atoms with Crippen molar-refractivity contribution in [2.75, 3.05) is 11.9 Å². The highest BCUT2D eigenvalue weighted by Crippen LogP contribution is 2.14. The molecule has 0 unspecified atom stereocenters.